The number of piperidine rings is 1. The molecule has 2 amide bonds. The molecule has 0 bridgehead atoms. The molecule has 9 heteroatoms. The van der Waals surface area contributed by atoms with Crippen LogP contribution in [-0.4, -0.2) is 36.5 Å². The van der Waals surface area contributed by atoms with E-state index in [1.165, 1.54) is 12.1 Å². The van der Waals surface area contributed by atoms with E-state index < -0.39 is 17.8 Å². The molecule has 6 nitrogen and oxygen atoms in total. The van der Waals surface area contributed by atoms with E-state index >= 15 is 0 Å². The summed E-state index contributed by atoms with van der Waals surface area (Å²) in [5.41, 5.74) is 1.06. The number of rotatable bonds is 6. The highest BCUT2D eigenvalue weighted by Crippen LogP contribution is 2.30. The zero-order chi connectivity index (χ0) is 25.5. The lowest BCUT2D eigenvalue weighted by Crippen LogP contribution is -2.47. The van der Waals surface area contributed by atoms with E-state index in [-0.39, 0.29) is 11.9 Å². The third kappa shape index (κ3) is 6.97. The van der Waals surface area contributed by atoms with Crippen molar-refractivity contribution in [2.45, 2.75) is 32.1 Å². The minimum atomic E-state index is -4.34. The fourth-order valence-electron chi connectivity index (χ4n) is 4.52. The number of carbonyl (C=O) groups is 1. The van der Waals surface area contributed by atoms with Gasteiger partial charge in [0.15, 0.2) is 5.96 Å². The summed E-state index contributed by atoms with van der Waals surface area (Å²) in [7, 11) is 0. The maximum absolute atomic E-state index is 12.9. The van der Waals surface area contributed by atoms with Gasteiger partial charge < -0.3 is 10.6 Å². The summed E-state index contributed by atoms with van der Waals surface area (Å²) >= 11 is 0. The molecule has 3 aromatic rings. The van der Waals surface area contributed by atoms with Crippen LogP contribution in [0.4, 0.5) is 18.0 Å². The minimum absolute atomic E-state index is 0.0728. The first-order valence-electron chi connectivity index (χ1n) is 12.0. The van der Waals surface area contributed by atoms with Crippen molar-refractivity contribution in [2.75, 3.05) is 19.6 Å². The molecular formula is C27H30F3N5O. The zero-order valence-electron chi connectivity index (χ0n) is 19.9. The number of amides is 2. The molecule has 3 aromatic carbocycles. The number of hydrogen-bond acceptors (Lipinski definition) is 3. The lowest BCUT2D eigenvalue weighted by molar-refractivity contribution is -0.137. The van der Waals surface area contributed by atoms with Crippen LogP contribution in [0, 0.1) is 11.3 Å². The first-order chi connectivity index (χ1) is 17.3. The van der Waals surface area contributed by atoms with Gasteiger partial charge in [0, 0.05) is 19.6 Å². The lowest BCUT2D eigenvalue weighted by Gasteiger charge is -2.32. The summed E-state index contributed by atoms with van der Waals surface area (Å²) in [6.45, 7) is 2.90. The maximum atomic E-state index is 12.9. The van der Waals surface area contributed by atoms with E-state index in [4.69, 9.17) is 5.41 Å². The third-order valence-corrected chi connectivity index (χ3v) is 6.49. The lowest BCUT2D eigenvalue weighted by atomic mass is 9.96. The third-order valence-electron chi connectivity index (χ3n) is 6.49. The van der Waals surface area contributed by atoms with Gasteiger partial charge in [-0.1, -0.05) is 60.7 Å². The van der Waals surface area contributed by atoms with E-state index in [9.17, 15) is 18.0 Å². The highest BCUT2D eigenvalue weighted by molar-refractivity contribution is 5.94. The van der Waals surface area contributed by atoms with Gasteiger partial charge in [-0.15, -0.1) is 0 Å². The Bertz CT molecular complexity index is 1200. The maximum Gasteiger partial charge on any atom is 0.416 e. The molecule has 190 valence electrons. The van der Waals surface area contributed by atoms with Gasteiger partial charge in [-0.3, -0.25) is 15.6 Å². The van der Waals surface area contributed by atoms with Gasteiger partial charge in [0.05, 0.1) is 5.56 Å². The minimum Gasteiger partial charge on any atom is -0.352 e. The van der Waals surface area contributed by atoms with Crippen molar-refractivity contribution in [3.8, 4) is 0 Å². The number of hydrogen-bond donors (Lipinski definition) is 4. The highest BCUT2D eigenvalue weighted by Gasteiger charge is 2.30. The average molecular weight is 498 g/mol. The monoisotopic (exact) mass is 497 g/mol. The van der Waals surface area contributed by atoms with Crippen molar-refractivity contribution in [3.63, 3.8) is 0 Å². The van der Waals surface area contributed by atoms with Gasteiger partial charge in [0.1, 0.15) is 0 Å². The van der Waals surface area contributed by atoms with Gasteiger partial charge >= 0.3 is 12.2 Å². The SMILES string of the molecule is N=C(NCc1cccc2ccccc12)NC(=O)NCC1CCN(Cc2cccc(C(F)(F)F)c2)CC1. The van der Waals surface area contributed by atoms with Crippen molar-refractivity contribution in [3.05, 3.63) is 83.4 Å². The first-order valence-corrected chi connectivity index (χ1v) is 12.0. The number of likely N-dealkylation sites (tertiary alicyclic amines) is 1. The predicted octanol–water partition coefficient (Wildman–Crippen LogP) is 5.09. The highest BCUT2D eigenvalue weighted by atomic mass is 19.4. The fraction of sp³-hybridized carbons (Fsp3) is 0.333. The van der Waals surface area contributed by atoms with E-state index in [0.717, 1.165) is 48.3 Å². The van der Waals surface area contributed by atoms with Crippen LogP contribution in [0.15, 0.2) is 66.7 Å². The molecular weight excluding hydrogens is 467 g/mol. The molecule has 0 aromatic heterocycles. The molecule has 0 unspecified atom stereocenters. The Morgan fingerprint density at radius 3 is 2.47 bits per heavy atom. The van der Waals surface area contributed by atoms with Gasteiger partial charge in [-0.05, 0) is 59.8 Å². The molecule has 0 spiro atoms. The quantitative estimate of drug-likeness (QED) is 0.283. The first kappa shape index (κ1) is 25.5. The average Bonchev–Trinajstić information content (AvgIpc) is 2.87. The van der Waals surface area contributed by atoms with Crippen LogP contribution in [0.25, 0.3) is 10.8 Å². The Morgan fingerprint density at radius 1 is 0.972 bits per heavy atom. The molecule has 0 saturated carbocycles. The Hall–Kier alpha value is -3.59. The van der Waals surface area contributed by atoms with Crippen LogP contribution >= 0.6 is 0 Å². The van der Waals surface area contributed by atoms with Crippen LogP contribution in [0.5, 0.6) is 0 Å². The van der Waals surface area contributed by atoms with E-state index in [1.54, 1.807) is 6.07 Å². The molecule has 0 atom stereocenters. The second-order valence-corrected chi connectivity index (χ2v) is 9.12. The molecule has 1 fully saturated rings. The van der Waals surface area contributed by atoms with E-state index in [0.29, 0.717) is 25.2 Å². The largest absolute Gasteiger partial charge is 0.416 e. The number of halogens is 3. The Kier molecular flexibility index (Phi) is 8.10. The van der Waals surface area contributed by atoms with Crippen molar-refractivity contribution in [1.82, 2.24) is 20.9 Å². The summed E-state index contributed by atoms with van der Waals surface area (Å²) in [6, 6.07) is 19.0. The molecule has 0 radical (unpaired) electrons. The normalized spacial score (nSPS) is 15.0. The van der Waals surface area contributed by atoms with Gasteiger partial charge in [-0.25, -0.2) is 4.79 Å². The predicted molar refractivity (Wildman–Crippen MR) is 134 cm³/mol. The van der Waals surface area contributed by atoms with Crippen molar-refractivity contribution < 1.29 is 18.0 Å². The summed E-state index contributed by atoms with van der Waals surface area (Å²) in [5, 5.41) is 18.5. The molecule has 4 N–H and O–H groups in total. The van der Waals surface area contributed by atoms with Gasteiger partial charge in [0.25, 0.3) is 0 Å². The summed E-state index contributed by atoms with van der Waals surface area (Å²) in [6.07, 6.45) is -2.65. The molecule has 1 aliphatic heterocycles. The number of guanidine groups is 1. The smallest absolute Gasteiger partial charge is 0.352 e. The summed E-state index contributed by atoms with van der Waals surface area (Å²) < 4.78 is 38.8. The molecule has 4 rings (SSSR count). The van der Waals surface area contributed by atoms with Crippen molar-refractivity contribution in [1.29, 1.82) is 5.41 Å². The molecule has 1 heterocycles. The van der Waals surface area contributed by atoms with Crippen LogP contribution < -0.4 is 16.0 Å². The standard InChI is InChI=1S/C27H30F3N5O/c28-27(29,30)23-9-3-5-20(15-23)18-35-13-11-19(12-14-35)16-33-26(36)34-25(31)32-17-22-8-4-7-21-6-1-2-10-24(21)22/h1-10,15,19H,11-14,16-18H2,(H4,31,32,33,34,36). The fourth-order valence-corrected chi connectivity index (χ4v) is 4.52. The summed E-state index contributed by atoms with van der Waals surface area (Å²) in [5.74, 6) is 0.211. The van der Waals surface area contributed by atoms with E-state index in [2.05, 4.69) is 20.9 Å². The van der Waals surface area contributed by atoms with Crippen LogP contribution in [0.2, 0.25) is 0 Å². The van der Waals surface area contributed by atoms with Crippen LogP contribution in [-0.2, 0) is 19.3 Å². The zero-order valence-corrected chi connectivity index (χ0v) is 19.9. The van der Waals surface area contributed by atoms with Gasteiger partial charge in [0.2, 0.25) is 0 Å². The summed E-state index contributed by atoms with van der Waals surface area (Å²) in [4.78, 5) is 14.4. The second-order valence-electron chi connectivity index (χ2n) is 9.12. The Morgan fingerprint density at radius 2 is 1.69 bits per heavy atom. The van der Waals surface area contributed by atoms with Crippen molar-refractivity contribution in [2.24, 2.45) is 5.92 Å². The number of nitrogens with zero attached hydrogens (tertiary/aromatic N) is 1. The molecule has 1 aliphatic rings. The number of fused-ring (bicyclic) bond motifs is 1. The number of nitrogens with one attached hydrogen (secondary N) is 4. The number of benzene rings is 3. The number of carbonyl (C=O) groups excluding carboxylic acids is 1. The van der Waals surface area contributed by atoms with Gasteiger partial charge in [-0.2, -0.15) is 13.2 Å². The Labute approximate surface area is 208 Å². The van der Waals surface area contributed by atoms with Crippen molar-refractivity contribution >= 4 is 22.8 Å². The second kappa shape index (κ2) is 11.4. The molecule has 1 saturated heterocycles. The molecule has 0 aliphatic carbocycles. The number of urea groups is 1. The van der Waals surface area contributed by atoms with Crippen LogP contribution in [0.3, 0.4) is 0 Å². The topological polar surface area (TPSA) is 80.2 Å². The Balaban J connectivity index is 1.16. The van der Waals surface area contributed by atoms with E-state index in [1.807, 2.05) is 42.5 Å². The number of alkyl halides is 3. The van der Waals surface area contributed by atoms with Crippen LogP contribution in [0.1, 0.15) is 29.5 Å². The molecule has 36 heavy (non-hydrogen) atoms.